The Bertz CT molecular complexity index is 1210. The first kappa shape index (κ1) is 20.4. The van der Waals surface area contributed by atoms with Gasteiger partial charge in [-0.25, -0.2) is 8.42 Å². The number of carbonyl (C=O) groups excluding carboxylic acids is 1. The Kier molecular flexibility index (Phi) is 5.25. The molecule has 1 aliphatic heterocycles. The van der Waals surface area contributed by atoms with Crippen molar-refractivity contribution in [1.82, 2.24) is 4.90 Å². The summed E-state index contributed by atoms with van der Waals surface area (Å²) in [7, 11) is -3.13. The van der Waals surface area contributed by atoms with Gasteiger partial charge in [-0.05, 0) is 61.9 Å². The monoisotopic (exact) mass is 451 g/mol. The standard InChI is InChI=1S/C21H22ClNO4S2/c1-12-4-6-28-19(12)10-23(15-5-7-29(25,26)11-15)21(24)20-14(3)16-9-17(22)13(2)8-18(16)27-20/h4,6,8-9,15H,5,7,10-11H2,1-3H3. The quantitative estimate of drug-likeness (QED) is 0.565. The predicted molar refractivity (Wildman–Crippen MR) is 117 cm³/mol. The summed E-state index contributed by atoms with van der Waals surface area (Å²) in [4.78, 5) is 16.3. The molecule has 0 spiro atoms. The topological polar surface area (TPSA) is 67.6 Å². The number of carbonyl (C=O) groups is 1. The third kappa shape index (κ3) is 3.83. The number of hydrogen-bond acceptors (Lipinski definition) is 5. The average molecular weight is 452 g/mol. The minimum atomic E-state index is -3.13. The molecule has 0 aliphatic carbocycles. The molecule has 5 nitrogen and oxygen atoms in total. The van der Waals surface area contributed by atoms with Crippen LogP contribution in [0.15, 0.2) is 28.0 Å². The van der Waals surface area contributed by atoms with Gasteiger partial charge in [0.25, 0.3) is 5.91 Å². The third-order valence-corrected chi connectivity index (χ3v) is 8.77. The van der Waals surface area contributed by atoms with Gasteiger partial charge in [0.15, 0.2) is 15.6 Å². The van der Waals surface area contributed by atoms with E-state index < -0.39 is 9.84 Å². The number of halogens is 1. The number of furan rings is 1. The summed E-state index contributed by atoms with van der Waals surface area (Å²) in [5.41, 5.74) is 3.30. The highest BCUT2D eigenvalue weighted by atomic mass is 35.5. The highest BCUT2D eigenvalue weighted by Gasteiger charge is 2.37. The van der Waals surface area contributed by atoms with Crippen molar-refractivity contribution in [1.29, 1.82) is 0 Å². The summed E-state index contributed by atoms with van der Waals surface area (Å²) in [5, 5.41) is 3.40. The minimum Gasteiger partial charge on any atom is -0.451 e. The first-order chi connectivity index (χ1) is 13.7. The molecular weight excluding hydrogens is 430 g/mol. The molecule has 1 aliphatic rings. The first-order valence-corrected chi connectivity index (χ1v) is 12.5. The number of aryl methyl sites for hydroxylation is 3. The van der Waals surface area contributed by atoms with Crippen LogP contribution in [0.2, 0.25) is 5.02 Å². The lowest BCUT2D eigenvalue weighted by molar-refractivity contribution is 0.0651. The van der Waals surface area contributed by atoms with E-state index >= 15 is 0 Å². The second-order valence-corrected chi connectivity index (χ2v) is 11.3. The van der Waals surface area contributed by atoms with Gasteiger partial charge in [0.05, 0.1) is 18.1 Å². The number of thiophene rings is 1. The maximum Gasteiger partial charge on any atom is 0.290 e. The molecule has 1 aromatic carbocycles. The van der Waals surface area contributed by atoms with Gasteiger partial charge in [0.2, 0.25) is 0 Å². The van der Waals surface area contributed by atoms with Crippen LogP contribution in [0, 0.1) is 20.8 Å². The Labute approximate surface area is 179 Å². The second kappa shape index (κ2) is 7.45. The van der Waals surface area contributed by atoms with Crippen LogP contribution in [0.5, 0.6) is 0 Å². The normalized spacial score (nSPS) is 18.4. The average Bonchev–Trinajstić information content (AvgIpc) is 3.31. The van der Waals surface area contributed by atoms with Crippen LogP contribution in [0.4, 0.5) is 0 Å². The number of hydrogen-bond donors (Lipinski definition) is 0. The van der Waals surface area contributed by atoms with E-state index in [0.29, 0.717) is 23.6 Å². The minimum absolute atomic E-state index is 0.00657. The van der Waals surface area contributed by atoms with Gasteiger partial charge in [0.1, 0.15) is 5.58 Å². The largest absolute Gasteiger partial charge is 0.451 e. The maximum absolute atomic E-state index is 13.5. The fraction of sp³-hybridized carbons (Fsp3) is 0.381. The zero-order valence-corrected chi connectivity index (χ0v) is 18.9. The molecule has 1 amide bonds. The SMILES string of the molecule is Cc1cc2oc(C(=O)N(Cc3sccc3C)C3CCS(=O)(=O)C3)c(C)c2cc1Cl. The Balaban J connectivity index is 1.76. The van der Waals surface area contributed by atoms with Crippen molar-refractivity contribution in [3.63, 3.8) is 0 Å². The molecule has 3 heterocycles. The molecular formula is C21H22ClNO4S2. The van der Waals surface area contributed by atoms with Crippen LogP contribution < -0.4 is 0 Å². The van der Waals surface area contributed by atoms with E-state index in [4.69, 9.17) is 16.0 Å². The summed E-state index contributed by atoms with van der Waals surface area (Å²) in [6, 6.07) is 5.29. The van der Waals surface area contributed by atoms with Gasteiger partial charge in [-0.15, -0.1) is 11.3 Å². The van der Waals surface area contributed by atoms with Crippen molar-refractivity contribution >= 4 is 49.7 Å². The van der Waals surface area contributed by atoms with Gasteiger partial charge in [0, 0.05) is 26.9 Å². The maximum atomic E-state index is 13.5. The lowest BCUT2D eigenvalue weighted by Crippen LogP contribution is -2.40. The number of sulfone groups is 1. The smallest absolute Gasteiger partial charge is 0.290 e. The van der Waals surface area contributed by atoms with Crippen molar-refractivity contribution in [2.75, 3.05) is 11.5 Å². The van der Waals surface area contributed by atoms with E-state index in [-0.39, 0.29) is 29.2 Å². The van der Waals surface area contributed by atoms with Crippen molar-refractivity contribution in [3.05, 3.63) is 55.9 Å². The van der Waals surface area contributed by atoms with E-state index in [0.717, 1.165) is 27.0 Å². The molecule has 0 radical (unpaired) electrons. The van der Waals surface area contributed by atoms with Crippen molar-refractivity contribution in [3.8, 4) is 0 Å². The van der Waals surface area contributed by atoms with Gasteiger partial charge in [-0.1, -0.05) is 11.6 Å². The van der Waals surface area contributed by atoms with Crippen molar-refractivity contribution in [2.45, 2.75) is 39.8 Å². The molecule has 0 N–H and O–H groups in total. The third-order valence-electron chi connectivity index (χ3n) is 5.60. The van der Waals surface area contributed by atoms with Crippen LogP contribution in [0.3, 0.4) is 0 Å². The summed E-state index contributed by atoms with van der Waals surface area (Å²) in [5.74, 6) is 0.0779. The Hall–Kier alpha value is -1.83. The molecule has 0 bridgehead atoms. The molecule has 8 heteroatoms. The second-order valence-electron chi connectivity index (χ2n) is 7.67. The molecule has 4 rings (SSSR count). The van der Waals surface area contributed by atoms with Crippen LogP contribution in [0.1, 0.15) is 38.5 Å². The lowest BCUT2D eigenvalue weighted by Gasteiger charge is -2.27. The molecule has 3 aromatic rings. The van der Waals surface area contributed by atoms with Gasteiger partial charge in [-0.2, -0.15) is 0 Å². The van der Waals surface area contributed by atoms with Crippen LogP contribution in [-0.4, -0.2) is 36.8 Å². The summed E-state index contributed by atoms with van der Waals surface area (Å²) in [6.45, 7) is 6.09. The molecule has 154 valence electrons. The highest BCUT2D eigenvalue weighted by Crippen LogP contribution is 2.33. The van der Waals surface area contributed by atoms with Crippen LogP contribution in [0.25, 0.3) is 11.0 Å². The fourth-order valence-electron chi connectivity index (χ4n) is 3.78. The molecule has 1 atom stereocenters. The molecule has 0 saturated carbocycles. The van der Waals surface area contributed by atoms with E-state index in [9.17, 15) is 13.2 Å². The zero-order chi connectivity index (χ0) is 20.9. The number of amides is 1. The van der Waals surface area contributed by atoms with Gasteiger partial charge >= 0.3 is 0 Å². The Morgan fingerprint density at radius 3 is 2.66 bits per heavy atom. The van der Waals surface area contributed by atoms with E-state index in [1.165, 1.54) is 0 Å². The van der Waals surface area contributed by atoms with Crippen molar-refractivity contribution in [2.24, 2.45) is 0 Å². The van der Waals surface area contributed by atoms with E-state index in [2.05, 4.69) is 0 Å². The number of rotatable bonds is 4. The summed E-state index contributed by atoms with van der Waals surface area (Å²) < 4.78 is 30.1. The van der Waals surface area contributed by atoms with E-state index in [1.54, 1.807) is 16.2 Å². The number of fused-ring (bicyclic) bond motifs is 1. The molecule has 2 aromatic heterocycles. The summed E-state index contributed by atoms with van der Waals surface area (Å²) >= 11 is 7.83. The number of benzene rings is 1. The van der Waals surface area contributed by atoms with Crippen LogP contribution >= 0.6 is 22.9 Å². The van der Waals surface area contributed by atoms with Gasteiger partial charge in [-0.3, -0.25) is 4.79 Å². The Morgan fingerprint density at radius 1 is 1.28 bits per heavy atom. The summed E-state index contributed by atoms with van der Waals surface area (Å²) in [6.07, 6.45) is 0.447. The zero-order valence-electron chi connectivity index (χ0n) is 16.5. The molecule has 29 heavy (non-hydrogen) atoms. The number of nitrogens with zero attached hydrogens (tertiary/aromatic N) is 1. The van der Waals surface area contributed by atoms with Crippen LogP contribution in [-0.2, 0) is 16.4 Å². The van der Waals surface area contributed by atoms with Gasteiger partial charge < -0.3 is 9.32 Å². The first-order valence-electron chi connectivity index (χ1n) is 9.40. The fourth-order valence-corrected chi connectivity index (χ4v) is 6.58. The van der Waals surface area contributed by atoms with E-state index in [1.807, 2.05) is 44.4 Å². The highest BCUT2D eigenvalue weighted by molar-refractivity contribution is 7.91. The Morgan fingerprint density at radius 2 is 2.03 bits per heavy atom. The molecule has 1 unspecified atom stereocenters. The van der Waals surface area contributed by atoms with Crippen molar-refractivity contribution < 1.29 is 17.6 Å². The molecule has 1 fully saturated rings. The predicted octanol–water partition coefficient (Wildman–Crippen LogP) is 4.90. The lowest BCUT2D eigenvalue weighted by atomic mass is 10.1. The molecule has 1 saturated heterocycles.